The molecule has 0 spiro atoms. The van der Waals surface area contributed by atoms with Crippen molar-refractivity contribution in [3.63, 3.8) is 0 Å². The average molecular weight is 334 g/mol. The van der Waals surface area contributed by atoms with E-state index in [0.29, 0.717) is 12.3 Å². The fourth-order valence-electron chi connectivity index (χ4n) is 5.29. The van der Waals surface area contributed by atoms with E-state index in [2.05, 4.69) is 26.5 Å². The summed E-state index contributed by atoms with van der Waals surface area (Å²) in [6.45, 7) is 10.2. The fourth-order valence-corrected chi connectivity index (χ4v) is 5.29. The van der Waals surface area contributed by atoms with Crippen LogP contribution in [0.25, 0.3) is 0 Å². The molecule has 4 nitrogen and oxygen atoms in total. The van der Waals surface area contributed by atoms with Gasteiger partial charge >= 0.3 is 11.9 Å². The summed E-state index contributed by atoms with van der Waals surface area (Å²) in [6, 6.07) is 0. The van der Waals surface area contributed by atoms with E-state index < -0.39 is 17.4 Å². The number of hydrogen-bond donors (Lipinski definition) is 2. The molecule has 0 bridgehead atoms. The number of carboxylic acid groups (broad SMARTS) is 2. The van der Waals surface area contributed by atoms with Gasteiger partial charge in [0.15, 0.2) is 0 Å². The van der Waals surface area contributed by atoms with Gasteiger partial charge in [-0.15, -0.1) is 0 Å². The Labute approximate surface area is 144 Å². The van der Waals surface area contributed by atoms with Crippen molar-refractivity contribution in [3.05, 3.63) is 23.8 Å². The zero-order chi connectivity index (χ0) is 18.1. The number of carboxylic acids is 2. The summed E-state index contributed by atoms with van der Waals surface area (Å²) in [7, 11) is 0. The molecule has 134 valence electrons. The highest BCUT2D eigenvalue weighted by Crippen LogP contribution is 2.60. The van der Waals surface area contributed by atoms with Gasteiger partial charge in [-0.1, -0.05) is 37.1 Å². The van der Waals surface area contributed by atoms with Crippen molar-refractivity contribution in [3.8, 4) is 0 Å². The first kappa shape index (κ1) is 18.8. The van der Waals surface area contributed by atoms with Crippen LogP contribution in [0.5, 0.6) is 0 Å². The van der Waals surface area contributed by atoms with Crippen LogP contribution in [0.2, 0.25) is 0 Å². The maximum atomic E-state index is 11.9. The molecule has 2 aliphatic rings. The number of fused-ring (bicyclic) bond motifs is 1. The van der Waals surface area contributed by atoms with Gasteiger partial charge in [-0.05, 0) is 63.2 Å². The van der Waals surface area contributed by atoms with Gasteiger partial charge in [0.25, 0.3) is 0 Å². The minimum atomic E-state index is -0.837. The Kier molecular flexibility index (Phi) is 5.26. The normalized spacial score (nSPS) is 35.7. The number of hydrogen-bond acceptors (Lipinski definition) is 2. The highest BCUT2D eigenvalue weighted by molar-refractivity contribution is 5.75. The summed E-state index contributed by atoms with van der Waals surface area (Å²) in [6.07, 6.45) is 7.33. The Bertz CT molecular complexity index is 576. The first-order chi connectivity index (χ1) is 11.1. The number of aliphatic carboxylic acids is 2. The molecule has 0 aliphatic heterocycles. The molecule has 2 rings (SSSR count). The second-order valence-corrected chi connectivity index (χ2v) is 8.23. The lowest BCUT2D eigenvalue weighted by Gasteiger charge is -2.56. The van der Waals surface area contributed by atoms with E-state index in [1.165, 1.54) is 5.57 Å². The second kappa shape index (κ2) is 6.73. The Morgan fingerprint density at radius 2 is 1.96 bits per heavy atom. The van der Waals surface area contributed by atoms with Crippen molar-refractivity contribution in [2.24, 2.45) is 22.7 Å². The van der Waals surface area contributed by atoms with Crippen LogP contribution in [-0.2, 0) is 9.59 Å². The van der Waals surface area contributed by atoms with Gasteiger partial charge in [-0.3, -0.25) is 9.59 Å². The van der Waals surface area contributed by atoms with Gasteiger partial charge < -0.3 is 10.2 Å². The number of carbonyl (C=O) groups is 2. The molecule has 1 fully saturated rings. The summed E-state index contributed by atoms with van der Waals surface area (Å²) in [5, 5.41) is 18.7. The molecule has 0 heterocycles. The van der Waals surface area contributed by atoms with Crippen LogP contribution in [0.4, 0.5) is 0 Å². The van der Waals surface area contributed by atoms with Gasteiger partial charge in [-0.25, -0.2) is 0 Å². The van der Waals surface area contributed by atoms with Crippen molar-refractivity contribution < 1.29 is 19.8 Å². The van der Waals surface area contributed by atoms with Crippen molar-refractivity contribution in [1.82, 2.24) is 0 Å². The molecule has 4 heteroatoms. The van der Waals surface area contributed by atoms with Crippen molar-refractivity contribution in [2.75, 3.05) is 0 Å². The first-order valence-corrected chi connectivity index (χ1v) is 8.89. The summed E-state index contributed by atoms with van der Waals surface area (Å²) in [5.41, 5.74) is 1.37. The molecule has 2 aliphatic carbocycles. The van der Waals surface area contributed by atoms with Crippen LogP contribution in [0.15, 0.2) is 23.8 Å². The minimum absolute atomic E-state index is 0.0163. The molecular formula is C20H30O4. The highest BCUT2D eigenvalue weighted by Gasteiger charge is 2.56. The molecule has 0 aromatic rings. The predicted molar refractivity (Wildman–Crippen MR) is 93.7 cm³/mol. The zero-order valence-corrected chi connectivity index (χ0v) is 15.1. The minimum Gasteiger partial charge on any atom is -0.481 e. The van der Waals surface area contributed by atoms with Gasteiger partial charge in [0, 0.05) is 0 Å². The Morgan fingerprint density at radius 3 is 2.54 bits per heavy atom. The topological polar surface area (TPSA) is 74.6 Å². The van der Waals surface area contributed by atoms with Gasteiger partial charge in [0.2, 0.25) is 0 Å². The molecule has 0 aromatic carbocycles. The van der Waals surface area contributed by atoms with E-state index in [9.17, 15) is 14.7 Å². The molecule has 4 atom stereocenters. The smallest absolute Gasteiger partial charge is 0.309 e. The van der Waals surface area contributed by atoms with E-state index in [4.69, 9.17) is 5.11 Å². The van der Waals surface area contributed by atoms with Crippen LogP contribution in [0, 0.1) is 22.7 Å². The second-order valence-electron chi connectivity index (χ2n) is 8.23. The molecule has 0 amide bonds. The van der Waals surface area contributed by atoms with E-state index >= 15 is 0 Å². The summed E-state index contributed by atoms with van der Waals surface area (Å²) in [4.78, 5) is 22.8. The fraction of sp³-hybridized carbons (Fsp3) is 0.700. The molecule has 0 saturated heterocycles. The third-order valence-corrected chi connectivity index (χ3v) is 6.67. The number of rotatable bonds is 6. The lowest BCUT2D eigenvalue weighted by atomic mass is 9.47. The Morgan fingerprint density at radius 1 is 1.29 bits per heavy atom. The molecular weight excluding hydrogens is 304 g/mol. The molecule has 2 N–H and O–H groups in total. The van der Waals surface area contributed by atoms with Crippen LogP contribution in [-0.4, -0.2) is 22.2 Å². The van der Waals surface area contributed by atoms with Crippen LogP contribution in [0.1, 0.15) is 65.7 Å². The molecule has 24 heavy (non-hydrogen) atoms. The van der Waals surface area contributed by atoms with E-state index in [1.54, 1.807) is 0 Å². The molecule has 1 saturated carbocycles. The third kappa shape index (κ3) is 3.28. The lowest BCUT2D eigenvalue weighted by molar-refractivity contribution is -0.162. The standard InChI is InChI=1S/C20H30O4/c1-13(12-17(21)22)6-8-15-14(2)7-9-16-19(15,3)10-5-11-20(16,4)18(23)24/h7,15-16H,1,5-6,8-12H2,2-4H3,(H,21,22)(H,23,24)/t15-,16-,19+,20-/m0/s1. The molecule has 0 aromatic heterocycles. The predicted octanol–water partition coefficient (Wildman–Crippen LogP) is 4.66. The van der Waals surface area contributed by atoms with Crippen molar-refractivity contribution >= 4 is 11.9 Å². The summed E-state index contributed by atoms with van der Waals surface area (Å²) < 4.78 is 0. The van der Waals surface area contributed by atoms with E-state index in [1.807, 2.05) is 6.92 Å². The van der Waals surface area contributed by atoms with Gasteiger partial charge in [0.05, 0.1) is 11.8 Å². The third-order valence-electron chi connectivity index (χ3n) is 6.67. The quantitative estimate of drug-likeness (QED) is 0.693. The molecule has 0 radical (unpaired) electrons. The number of allylic oxidation sites excluding steroid dienone is 2. The van der Waals surface area contributed by atoms with E-state index in [0.717, 1.165) is 37.7 Å². The highest BCUT2D eigenvalue weighted by atomic mass is 16.4. The van der Waals surface area contributed by atoms with Crippen molar-refractivity contribution in [2.45, 2.75) is 65.7 Å². The summed E-state index contributed by atoms with van der Waals surface area (Å²) >= 11 is 0. The molecule has 0 unspecified atom stereocenters. The maximum Gasteiger partial charge on any atom is 0.309 e. The Balaban J connectivity index is 2.23. The average Bonchev–Trinajstić information content (AvgIpc) is 2.45. The largest absolute Gasteiger partial charge is 0.481 e. The SMILES string of the molecule is C=C(CC[C@H]1C(C)=CC[C@H]2[C@]1(C)CCC[C@]2(C)C(=O)O)CC(=O)O. The van der Waals surface area contributed by atoms with Gasteiger partial charge in [0.1, 0.15) is 0 Å². The van der Waals surface area contributed by atoms with Crippen LogP contribution in [0.3, 0.4) is 0 Å². The Hall–Kier alpha value is -1.58. The maximum absolute atomic E-state index is 11.9. The van der Waals surface area contributed by atoms with Crippen LogP contribution >= 0.6 is 0 Å². The van der Waals surface area contributed by atoms with Crippen molar-refractivity contribution in [1.29, 1.82) is 0 Å². The lowest BCUT2D eigenvalue weighted by Crippen LogP contribution is -2.52. The van der Waals surface area contributed by atoms with Crippen LogP contribution < -0.4 is 0 Å². The van der Waals surface area contributed by atoms with Gasteiger partial charge in [-0.2, -0.15) is 0 Å². The zero-order valence-electron chi connectivity index (χ0n) is 15.1. The van der Waals surface area contributed by atoms with E-state index in [-0.39, 0.29) is 17.8 Å². The summed E-state index contributed by atoms with van der Waals surface area (Å²) in [5.74, 6) is -1.07. The first-order valence-electron chi connectivity index (χ1n) is 8.89. The monoisotopic (exact) mass is 334 g/mol.